The molecule has 7 nitrogen and oxygen atoms in total. The van der Waals surface area contributed by atoms with Crippen molar-refractivity contribution in [2.45, 2.75) is 13.8 Å². The maximum Gasteiger partial charge on any atom is 0.248 e. The summed E-state index contributed by atoms with van der Waals surface area (Å²) in [6, 6.07) is 15.6. The number of rotatable bonds is 7. The minimum Gasteiger partial charge on any atom is -0.340 e. The Morgan fingerprint density at radius 2 is 1.54 bits per heavy atom. The highest BCUT2D eigenvalue weighted by Crippen LogP contribution is 2.21. The first-order chi connectivity index (χ1) is 16.8. The summed E-state index contributed by atoms with van der Waals surface area (Å²) in [6.07, 6.45) is 4.09. The second kappa shape index (κ2) is 10.5. The largest absolute Gasteiger partial charge is 0.340 e. The van der Waals surface area contributed by atoms with E-state index in [-0.39, 0.29) is 5.56 Å². The van der Waals surface area contributed by atoms with Crippen LogP contribution in [-0.4, -0.2) is 20.9 Å². The molecule has 0 atom stereocenters. The van der Waals surface area contributed by atoms with E-state index in [0.717, 1.165) is 35.5 Å². The van der Waals surface area contributed by atoms with Crippen molar-refractivity contribution >= 4 is 40.8 Å². The van der Waals surface area contributed by atoms with Crippen molar-refractivity contribution in [2.75, 3.05) is 16.0 Å². The summed E-state index contributed by atoms with van der Waals surface area (Å²) < 4.78 is 26.9. The first-order valence-corrected chi connectivity index (χ1v) is 10.7. The van der Waals surface area contributed by atoms with E-state index in [1.807, 2.05) is 19.1 Å². The van der Waals surface area contributed by atoms with Gasteiger partial charge in [0, 0.05) is 35.3 Å². The zero-order valence-electron chi connectivity index (χ0n) is 19.0. The number of amides is 1. The maximum absolute atomic E-state index is 13.7. The van der Waals surface area contributed by atoms with Crippen LogP contribution in [-0.2, 0) is 4.79 Å². The van der Waals surface area contributed by atoms with Crippen molar-refractivity contribution in [1.29, 1.82) is 0 Å². The predicted octanol–water partition coefficient (Wildman–Crippen LogP) is 5.91. The molecule has 35 heavy (non-hydrogen) atoms. The third-order valence-corrected chi connectivity index (χ3v) is 4.81. The molecule has 0 unspecified atom stereocenters. The van der Waals surface area contributed by atoms with Gasteiger partial charge >= 0.3 is 0 Å². The van der Waals surface area contributed by atoms with Gasteiger partial charge in [0.25, 0.3) is 0 Å². The van der Waals surface area contributed by atoms with Gasteiger partial charge in [-0.1, -0.05) is 0 Å². The highest BCUT2D eigenvalue weighted by molar-refractivity contribution is 6.02. The van der Waals surface area contributed by atoms with Crippen LogP contribution in [0, 0.1) is 25.5 Å². The lowest BCUT2D eigenvalue weighted by atomic mass is 10.2. The summed E-state index contributed by atoms with van der Waals surface area (Å²) in [4.78, 5) is 25.2. The molecule has 0 aliphatic rings. The number of carbonyl (C=O) groups is 1. The molecule has 176 valence electrons. The summed E-state index contributed by atoms with van der Waals surface area (Å²) in [5.41, 5.74) is 2.36. The Morgan fingerprint density at radius 1 is 0.829 bits per heavy atom. The number of aryl methyl sites for hydroxylation is 2. The van der Waals surface area contributed by atoms with E-state index in [4.69, 9.17) is 0 Å². The summed E-state index contributed by atoms with van der Waals surface area (Å²) in [5, 5.41) is 9.05. The summed E-state index contributed by atoms with van der Waals surface area (Å²) in [5.74, 6) is 0.788. The standard InChI is InChI=1S/C26H22F2N6O/c1-16-11-12-29-23(13-16)34-25-15-24(30-17(2)31-25)32-20-5-7-21(8-6-20)33-26(35)10-3-18-14-19(27)4-9-22(18)28/h3-15H,1-2H3,(H,33,35)(H2,29,30,31,32,34)/b10-3+. The van der Waals surface area contributed by atoms with Crippen molar-refractivity contribution in [3.8, 4) is 0 Å². The van der Waals surface area contributed by atoms with Gasteiger partial charge in [0.05, 0.1) is 0 Å². The highest BCUT2D eigenvalue weighted by atomic mass is 19.1. The molecule has 0 aliphatic carbocycles. The number of hydrogen-bond acceptors (Lipinski definition) is 6. The van der Waals surface area contributed by atoms with Crippen LogP contribution < -0.4 is 16.0 Å². The Morgan fingerprint density at radius 3 is 2.29 bits per heavy atom. The average molecular weight is 472 g/mol. The number of nitrogens with one attached hydrogen (secondary N) is 3. The van der Waals surface area contributed by atoms with Crippen LogP contribution in [0.15, 0.2) is 72.9 Å². The minimum absolute atomic E-state index is 0.00752. The lowest BCUT2D eigenvalue weighted by Gasteiger charge is -2.11. The van der Waals surface area contributed by atoms with Crippen LogP contribution in [0.1, 0.15) is 17.0 Å². The second-order valence-corrected chi connectivity index (χ2v) is 7.72. The normalized spacial score (nSPS) is 10.9. The zero-order valence-corrected chi connectivity index (χ0v) is 19.0. The van der Waals surface area contributed by atoms with Gasteiger partial charge in [-0.3, -0.25) is 4.79 Å². The molecule has 2 aromatic heterocycles. The van der Waals surface area contributed by atoms with E-state index in [1.165, 1.54) is 6.08 Å². The van der Waals surface area contributed by atoms with Gasteiger partial charge in [0.1, 0.15) is 34.9 Å². The first-order valence-electron chi connectivity index (χ1n) is 10.7. The van der Waals surface area contributed by atoms with Gasteiger partial charge in [-0.25, -0.2) is 23.7 Å². The molecule has 0 saturated heterocycles. The van der Waals surface area contributed by atoms with Crippen LogP contribution in [0.2, 0.25) is 0 Å². The molecule has 0 spiro atoms. The zero-order chi connectivity index (χ0) is 24.8. The third-order valence-electron chi connectivity index (χ3n) is 4.81. The number of halogens is 2. The molecule has 0 fully saturated rings. The number of aromatic nitrogens is 3. The lowest BCUT2D eigenvalue weighted by molar-refractivity contribution is -0.111. The smallest absolute Gasteiger partial charge is 0.248 e. The van der Waals surface area contributed by atoms with E-state index >= 15 is 0 Å². The van der Waals surface area contributed by atoms with Crippen LogP contribution in [0.25, 0.3) is 6.08 Å². The van der Waals surface area contributed by atoms with Crippen molar-refractivity contribution in [2.24, 2.45) is 0 Å². The van der Waals surface area contributed by atoms with Crippen molar-refractivity contribution < 1.29 is 13.6 Å². The number of pyridine rings is 1. The molecular formula is C26H22F2N6O. The Labute approximate surface area is 201 Å². The Kier molecular flexibility index (Phi) is 7.06. The van der Waals surface area contributed by atoms with Gasteiger partial charge in [-0.2, -0.15) is 0 Å². The highest BCUT2D eigenvalue weighted by Gasteiger charge is 2.06. The SMILES string of the molecule is Cc1ccnc(Nc2cc(Nc3ccc(NC(=O)/C=C/c4cc(F)ccc4F)cc3)nc(C)n2)c1. The molecule has 2 heterocycles. The molecule has 3 N–H and O–H groups in total. The monoisotopic (exact) mass is 472 g/mol. The predicted molar refractivity (Wildman–Crippen MR) is 133 cm³/mol. The number of carbonyl (C=O) groups excluding carboxylic acids is 1. The van der Waals surface area contributed by atoms with E-state index in [0.29, 0.717) is 29.0 Å². The van der Waals surface area contributed by atoms with E-state index in [2.05, 4.69) is 30.9 Å². The molecule has 9 heteroatoms. The fourth-order valence-corrected chi connectivity index (χ4v) is 3.21. The number of hydrogen-bond donors (Lipinski definition) is 3. The number of benzene rings is 2. The van der Waals surface area contributed by atoms with E-state index in [1.54, 1.807) is 43.5 Å². The van der Waals surface area contributed by atoms with Crippen molar-refractivity contribution in [3.05, 3.63) is 102 Å². The molecule has 4 rings (SSSR count). The Balaban J connectivity index is 1.39. The van der Waals surface area contributed by atoms with Crippen molar-refractivity contribution in [3.63, 3.8) is 0 Å². The van der Waals surface area contributed by atoms with Gasteiger partial charge in [-0.15, -0.1) is 0 Å². The maximum atomic E-state index is 13.7. The van der Waals surface area contributed by atoms with Gasteiger partial charge in [0.15, 0.2) is 0 Å². The fourth-order valence-electron chi connectivity index (χ4n) is 3.21. The van der Waals surface area contributed by atoms with Crippen LogP contribution in [0.4, 0.5) is 37.6 Å². The average Bonchev–Trinajstić information content (AvgIpc) is 2.80. The Hall–Kier alpha value is -4.66. The van der Waals surface area contributed by atoms with Gasteiger partial charge in [-0.05, 0) is 80.1 Å². The minimum atomic E-state index is -0.612. The molecule has 4 aromatic rings. The summed E-state index contributed by atoms with van der Waals surface area (Å²) in [7, 11) is 0. The molecule has 2 aromatic carbocycles. The van der Waals surface area contributed by atoms with E-state index < -0.39 is 17.5 Å². The molecule has 0 aliphatic heterocycles. The van der Waals surface area contributed by atoms with Gasteiger partial charge < -0.3 is 16.0 Å². The number of anilines is 5. The first kappa shape index (κ1) is 23.5. The van der Waals surface area contributed by atoms with Crippen LogP contribution in [0.5, 0.6) is 0 Å². The topological polar surface area (TPSA) is 91.8 Å². The second-order valence-electron chi connectivity index (χ2n) is 7.72. The third kappa shape index (κ3) is 6.67. The molecular weight excluding hydrogens is 450 g/mol. The van der Waals surface area contributed by atoms with E-state index in [9.17, 15) is 13.6 Å². The number of nitrogens with zero attached hydrogens (tertiary/aromatic N) is 3. The Bertz CT molecular complexity index is 1390. The van der Waals surface area contributed by atoms with Crippen molar-refractivity contribution in [1.82, 2.24) is 15.0 Å². The van der Waals surface area contributed by atoms with Crippen LogP contribution in [0.3, 0.4) is 0 Å². The molecule has 0 radical (unpaired) electrons. The van der Waals surface area contributed by atoms with Crippen LogP contribution >= 0.6 is 0 Å². The van der Waals surface area contributed by atoms with Gasteiger partial charge in [0.2, 0.25) is 5.91 Å². The molecule has 0 saturated carbocycles. The molecule has 0 bridgehead atoms. The summed E-state index contributed by atoms with van der Waals surface area (Å²) >= 11 is 0. The molecule has 1 amide bonds. The quantitative estimate of drug-likeness (QED) is 0.290. The fraction of sp³-hybridized carbons (Fsp3) is 0.0769. The summed E-state index contributed by atoms with van der Waals surface area (Å²) in [6.45, 7) is 3.78. The lowest BCUT2D eigenvalue weighted by Crippen LogP contribution is -2.07.